The first-order valence-corrected chi connectivity index (χ1v) is 5.51. The second-order valence-electron chi connectivity index (χ2n) is 3.75. The number of benzene rings is 1. The molecule has 0 fully saturated rings. The van der Waals surface area contributed by atoms with E-state index in [0.29, 0.717) is 13.2 Å². The molecule has 0 aliphatic rings. The fourth-order valence-corrected chi connectivity index (χ4v) is 1.29. The molecule has 0 amide bonds. The van der Waals surface area contributed by atoms with Crippen LogP contribution in [0.4, 0.5) is 0 Å². The molecule has 1 aromatic rings. The van der Waals surface area contributed by atoms with Gasteiger partial charge in [0.05, 0.1) is 26.2 Å². The van der Waals surface area contributed by atoms with Crippen LogP contribution < -0.4 is 0 Å². The summed E-state index contributed by atoms with van der Waals surface area (Å²) in [5.74, 6) is -0.534. The lowest BCUT2D eigenvalue weighted by molar-refractivity contribution is -0.149. The van der Waals surface area contributed by atoms with Crippen molar-refractivity contribution in [2.75, 3.05) is 20.5 Å². The summed E-state index contributed by atoms with van der Waals surface area (Å²) in [7, 11) is 1.37. The van der Waals surface area contributed by atoms with Gasteiger partial charge < -0.3 is 14.2 Å². The fourth-order valence-electron chi connectivity index (χ4n) is 1.29. The van der Waals surface area contributed by atoms with Crippen LogP contribution in [-0.2, 0) is 25.6 Å². The maximum atomic E-state index is 11.1. The highest BCUT2D eigenvalue weighted by Crippen LogP contribution is 2.02. The van der Waals surface area contributed by atoms with Crippen LogP contribution in [0.25, 0.3) is 0 Å². The van der Waals surface area contributed by atoms with Gasteiger partial charge in [-0.05, 0) is 12.5 Å². The van der Waals surface area contributed by atoms with Gasteiger partial charge >= 0.3 is 5.97 Å². The molecule has 17 heavy (non-hydrogen) atoms. The van der Waals surface area contributed by atoms with Crippen molar-refractivity contribution in [1.82, 2.24) is 0 Å². The van der Waals surface area contributed by atoms with Crippen molar-refractivity contribution in [1.29, 1.82) is 0 Å². The number of hydrogen-bond donors (Lipinski definition) is 0. The van der Waals surface area contributed by atoms with Crippen LogP contribution in [0.1, 0.15) is 12.5 Å². The number of methoxy groups -OCH3 is 1. The molecule has 1 atom stereocenters. The Bertz CT molecular complexity index is 323. The number of hydrogen-bond acceptors (Lipinski definition) is 4. The molecule has 0 aliphatic carbocycles. The molecule has 0 N–H and O–H groups in total. The van der Waals surface area contributed by atoms with Crippen LogP contribution >= 0.6 is 0 Å². The van der Waals surface area contributed by atoms with Gasteiger partial charge in [0.15, 0.2) is 0 Å². The van der Waals surface area contributed by atoms with E-state index < -0.39 is 0 Å². The van der Waals surface area contributed by atoms with Crippen LogP contribution in [0.5, 0.6) is 0 Å². The molecule has 0 unspecified atom stereocenters. The van der Waals surface area contributed by atoms with Gasteiger partial charge in [0.1, 0.15) is 6.79 Å². The predicted molar refractivity (Wildman–Crippen MR) is 63.2 cm³/mol. The van der Waals surface area contributed by atoms with Crippen LogP contribution in [0.3, 0.4) is 0 Å². The van der Waals surface area contributed by atoms with Gasteiger partial charge in [-0.15, -0.1) is 0 Å². The summed E-state index contributed by atoms with van der Waals surface area (Å²) in [6.45, 7) is 2.74. The molecule has 94 valence electrons. The van der Waals surface area contributed by atoms with Gasteiger partial charge in [-0.2, -0.15) is 0 Å². The smallest absolute Gasteiger partial charge is 0.310 e. The first kappa shape index (κ1) is 13.7. The molecule has 0 aromatic heterocycles. The Morgan fingerprint density at radius 2 is 1.94 bits per heavy atom. The average Bonchev–Trinajstić information content (AvgIpc) is 2.38. The number of esters is 1. The highest BCUT2D eigenvalue weighted by Gasteiger charge is 2.12. The van der Waals surface area contributed by atoms with Crippen molar-refractivity contribution < 1.29 is 19.0 Å². The van der Waals surface area contributed by atoms with Crippen molar-refractivity contribution in [3.63, 3.8) is 0 Å². The quantitative estimate of drug-likeness (QED) is 0.414. The Morgan fingerprint density at radius 1 is 1.24 bits per heavy atom. The molecule has 0 spiro atoms. The summed E-state index contributed by atoms with van der Waals surface area (Å²) in [4.78, 5) is 11.1. The largest absolute Gasteiger partial charge is 0.469 e. The van der Waals surface area contributed by atoms with E-state index in [1.807, 2.05) is 30.3 Å². The summed E-state index contributed by atoms with van der Waals surface area (Å²) < 4.78 is 15.1. The normalized spacial score (nSPS) is 12.1. The number of carbonyl (C=O) groups is 1. The molecular formula is C13H18O4. The highest BCUT2D eigenvalue weighted by molar-refractivity contribution is 5.71. The lowest BCUT2D eigenvalue weighted by Gasteiger charge is -2.10. The maximum Gasteiger partial charge on any atom is 0.310 e. The summed E-state index contributed by atoms with van der Waals surface area (Å²) >= 11 is 0. The minimum absolute atomic E-state index is 0.177. The summed E-state index contributed by atoms with van der Waals surface area (Å²) in [6.07, 6.45) is 0. The average molecular weight is 238 g/mol. The summed E-state index contributed by atoms with van der Waals surface area (Å²) in [6, 6.07) is 9.84. The molecular weight excluding hydrogens is 220 g/mol. The molecule has 0 bridgehead atoms. The lowest BCUT2D eigenvalue weighted by atomic mass is 10.2. The van der Waals surface area contributed by atoms with Gasteiger partial charge in [-0.1, -0.05) is 30.3 Å². The summed E-state index contributed by atoms with van der Waals surface area (Å²) in [5, 5.41) is 0. The Kier molecular flexibility index (Phi) is 6.29. The van der Waals surface area contributed by atoms with Crippen molar-refractivity contribution in [3.8, 4) is 0 Å². The van der Waals surface area contributed by atoms with Gasteiger partial charge in [0.2, 0.25) is 0 Å². The Labute approximate surface area is 101 Å². The van der Waals surface area contributed by atoms with E-state index >= 15 is 0 Å². The Hall–Kier alpha value is -1.39. The molecule has 4 heteroatoms. The molecule has 1 rings (SSSR count). The number of carbonyl (C=O) groups excluding carboxylic acids is 1. The van der Waals surface area contributed by atoms with E-state index in [1.165, 1.54) is 7.11 Å². The van der Waals surface area contributed by atoms with Crippen LogP contribution in [0, 0.1) is 5.92 Å². The maximum absolute atomic E-state index is 11.1. The standard InChI is InChI=1S/C13H18O4/c1-11(13(14)15-2)8-16-10-17-9-12-6-4-3-5-7-12/h3-7,11H,8-10H2,1-2H3/t11-/m0/s1. The van der Waals surface area contributed by atoms with E-state index in [4.69, 9.17) is 9.47 Å². The fraction of sp³-hybridized carbons (Fsp3) is 0.462. The molecule has 0 radical (unpaired) electrons. The van der Waals surface area contributed by atoms with E-state index in [-0.39, 0.29) is 18.7 Å². The zero-order chi connectivity index (χ0) is 12.5. The van der Waals surface area contributed by atoms with E-state index in [1.54, 1.807) is 6.92 Å². The molecule has 0 heterocycles. The minimum Gasteiger partial charge on any atom is -0.469 e. The van der Waals surface area contributed by atoms with E-state index in [2.05, 4.69) is 4.74 Å². The Balaban J connectivity index is 2.07. The third-order valence-corrected chi connectivity index (χ3v) is 2.25. The third kappa shape index (κ3) is 5.47. The zero-order valence-electron chi connectivity index (χ0n) is 10.2. The highest BCUT2D eigenvalue weighted by atomic mass is 16.7. The second-order valence-corrected chi connectivity index (χ2v) is 3.75. The van der Waals surface area contributed by atoms with Crippen LogP contribution in [0.2, 0.25) is 0 Å². The third-order valence-electron chi connectivity index (χ3n) is 2.25. The minimum atomic E-state index is -0.270. The van der Waals surface area contributed by atoms with Gasteiger partial charge in [0, 0.05) is 0 Å². The lowest BCUT2D eigenvalue weighted by Crippen LogP contribution is -2.19. The van der Waals surface area contributed by atoms with Crippen molar-refractivity contribution in [3.05, 3.63) is 35.9 Å². The first-order valence-electron chi connectivity index (χ1n) is 5.51. The SMILES string of the molecule is COC(=O)[C@@H](C)COCOCc1ccccc1. The first-order chi connectivity index (χ1) is 8.24. The van der Waals surface area contributed by atoms with Crippen LogP contribution in [-0.4, -0.2) is 26.5 Å². The molecule has 0 saturated carbocycles. The van der Waals surface area contributed by atoms with Crippen molar-refractivity contribution >= 4 is 5.97 Å². The predicted octanol–water partition coefficient (Wildman–Crippen LogP) is 1.99. The van der Waals surface area contributed by atoms with Gasteiger partial charge in [-0.25, -0.2) is 0 Å². The number of ether oxygens (including phenoxy) is 3. The second kappa shape index (κ2) is 7.81. The van der Waals surface area contributed by atoms with Gasteiger partial charge in [-0.3, -0.25) is 4.79 Å². The van der Waals surface area contributed by atoms with E-state index in [0.717, 1.165) is 5.56 Å². The zero-order valence-corrected chi connectivity index (χ0v) is 10.2. The molecule has 0 aliphatic heterocycles. The van der Waals surface area contributed by atoms with Gasteiger partial charge in [0.25, 0.3) is 0 Å². The van der Waals surface area contributed by atoms with Crippen molar-refractivity contribution in [2.24, 2.45) is 5.92 Å². The molecule has 0 saturated heterocycles. The van der Waals surface area contributed by atoms with Crippen LogP contribution in [0.15, 0.2) is 30.3 Å². The topological polar surface area (TPSA) is 44.8 Å². The number of rotatable bonds is 7. The summed E-state index contributed by atoms with van der Waals surface area (Å²) in [5.41, 5.74) is 1.09. The molecule has 1 aromatic carbocycles. The van der Waals surface area contributed by atoms with Crippen molar-refractivity contribution in [2.45, 2.75) is 13.5 Å². The Morgan fingerprint density at radius 3 is 2.59 bits per heavy atom. The molecule has 4 nitrogen and oxygen atoms in total. The monoisotopic (exact) mass is 238 g/mol. The van der Waals surface area contributed by atoms with E-state index in [9.17, 15) is 4.79 Å².